The number of halogens is 2. The topological polar surface area (TPSA) is 9.23 Å². The fraction of sp³-hybridized carbons (Fsp3) is 0.0769. The Kier molecular flexibility index (Phi) is 2.52. The van der Waals surface area contributed by atoms with Gasteiger partial charge in [0.2, 0.25) is 0 Å². The van der Waals surface area contributed by atoms with Gasteiger partial charge in [-0.15, -0.1) is 0 Å². The lowest BCUT2D eigenvalue weighted by molar-refractivity contribution is 0.459. The molecule has 0 saturated heterocycles. The van der Waals surface area contributed by atoms with Crippen LogP contribution < -0.4 is 4.74 Å². The standard InChI is InChI=1S/C13H8Br2O/c14-10-5-6-12-9(13(10)15)7-8-3-1-2-4-11(8)16-12/h1-6H,7H2. The Morgan fingerprint density at radius 2 is 1.75 bits per heavy atom. The summed E-state index contributed by atoms with van der Waals surface area (Å²) in [6.07, 6.45) is 0.908. The fourth-order valence-corrected chi connectivity index (χ4v) is 2.73. The van der Waals surface area contributed by atoms with Crippen LogP contribution in [0.1, 0.15) is 11.1 Å². The van der Waals surface area contributed by atoms with Crippen molar-refractivity contribution >= 4 is 31.9 Å². The van der Waals surface area contributed by atoms with Crippen molar-refractivity contribution in [1.82, 2.24) is 0 Å². The lowest BCUT2D eigenvalue weighted by Crippen LogP contribution is -2.03. The molecule has 1 nitrogen and oxygen atoms in total. The number of ether oxygens (including phenoxy) is 1. The number of fused-ring (bicyclic) bond motifs is 2. The van der Waals surface area contributed by atoms with E-state index in [-0.39, 0.29) is 0 Å². The van der Waals surface area contributed by atoms with E-state index >= 15 is 0 Å². The summed E-state index contributed by atoms with van der Waals surface area (Å²) in [7, 11) is 0. The maximum atomic E-state index is 5.86. The highest BCUT2D eigenvalue weighted by Crippen LogP contribution is 2.42. The van der Waals surface area contributed by atoms with Gasteiger partial charge in [-0.25, -0.2) is 0 Å². The molecule has 0 saturated carbocycles. The van der Waals surface area contributed by atoms with E-state index in [1.165, 1.54) is 11.1 Å². The summed E-state index contributed by atoms with van der Waals surface area (Å²) < 4.78 is 8.01. The molecular formula is C13H8Br2O. The normalized spacial score (nSPS) is 12.6. The third-order valence-corrected chi connectivity index (χ3v) is 4.81. The second kappa shape index (κ2) is 3.90. The first kappa shape index (κ1) is 10.4. The summed E-state index contributed by atoms with van der Waals surface area (Å²) in [5.74, 6) is 1.90. The Balaban J connectivity index is 2.16. The zero-order valence-electron chi connectivity index (χ0n) is 8.34. The summed E-state index contributed by atoms with van der Waals surface area (Å²) in [4.78, 5) is 0. The van der Waals surface area contributed by atoms with Crippen LogP contribution in [0.15, 0.2) is 45.3 Å². The molecule has 0 fully saturated rings. The minimum atomic E-state index is 0.908. The van der Waals surface area contributed by atoms with Gasteiger partial charge in [0.1, 0.15) is 11.5 Å². The van der Waals surface area contributed by atoms with Crippen LogP contribution in [-0.2, 0) is 6.42 Å². The van der Waals surface area contributed by atoms with Crippen molar-refractivity contribution in [2.75, 3.05) is 0 Å². The molecule has 0 atom stereocenters. The molecule has 3 heteroatoms. The molecule has 16 heavy (non-hydrogen) atoms. The largest absolute Gasteiger partial charge is 0.457 e. The van der Waals surface area contributed by atoms with Crippen molar-refractivity contribution in [3.8, 4) is 11.5 Å². The predicted octanol–water partition coefficient (Wildman–Crippen LogP) is 4.91. The highest BCUT2D eigenvalue weighted by molar-refractivity contribution is 9.13. The summed E-state index contributed by atoms with van der Waals surface area (Å²) in [6, 6.07) is 12.1. The van der Waals surface area contributed by atoms with Crippen LogP contribution in [0.2, 0.25) is 0 Å². The van der Waals surface area contributed by atoms with Crippen molar-refractivity contribution in [2.45, 2.75) is 6.42 Å². The van der Waals surface area contributed by atoms with Gasteiger partial charge in [-0.1, -0.05) is 18.2 Å². The van der Waals surface area contributed by atoms with E-state index in [1.54, 1.807) is 0 Å². The molecule has 0 radical (unpaired) electrons. The minimum absolute atomic E-state index is 0.908. The van der Waals surface area contributed by atoms with Crippen LogP contribution in [0.5, 0.6) is 11.5 Å². The maximum Gasteiger partial charge on any atom is 0.132 e. The van der Waals surface area contributed by atoms with Crippen LogP contribution in [0.3, 0.4) is 0 Å². The van der Waals surface area contributed by atoms with Gasteiger partial charge in [0.15, 0.2) is 0 Å². The van der Waals surface area contributed by atoms with Crippen LogP contribution in [0, 0.1) is 0 Å². The minimum Gasteiger partial charge on any atom is -0.457 e. The second-order valence-electron chi connectivity index (χ2n) is 3.72. The van der Waals surface area contributed by atoms with Gasteiger partial charge in [0.25, 0.3) is 0 Å². The van der Waals surface area contributed by atoms with Gasteiger partial charge >= 0.3 is 0 Å². The molecule has 0 bridgehead atoms. The van der Waals surface area contributed by atoms with Crippen molar-refractivity contribution in [3.63, 3.8) is 0 Å². The number of hydrogen-bond donors (Lipinski definition) is 0. The first-order valence-electron chi connectivity index (χ1n) is 4.98. The van der Waals surface area contributed by atoms with Gasteiger partial charge in [0, 0.05) is 20.9 Å². The Bertz CT molecular complexity index is 564. The highest BCUT2D eigenvalue weighted by atomic mass is 79.9. The second-order valence-corrected chi connectivity index (χ2v) is 5.37. The average Bonchev–Trinajstić information content (AvgIpc) is 2.32. The quantitative estimate of drug-likeness (QED) is 0.565. The monoisotopic (exact) mass is 338 g/mol. The molecule has 0 aliphatic carbocycles. The van der Waals surface area contributed by atoms with E-state index in [4.69, 9.17) is 4.74 Å². The van der Waals surface area contributed by atoms with E-state index in [9.17, 15) is 0 Å². The fourth-order valence-electron chi connectivity index (χ4n) is 1.89. The van der Waals surface area contributed by atoms with Crippen molar-refractivity contribution < 1.29 is 4.74 Å². The highest BCUT2D eigenvalue weighted by Gasteiger charge is 2.19. The summed E-state index contributed by atoms with van der Waals surface area (Å²) in [6.45, 7) is 0. The van der Waals surface area contributed by atoms with E-state index < -0.39 is 0 Å². The average molecular weight is 340 g/mol. The van der Waals surface area contributed by atoms with Gasteiger partial charge in [-0.05, 0) is 55.6 Å². The van der Waals surface area contributed by atoms with Crippen LogP contribution in [-0.4, -0.2) is 0 Å². The van der Waals surface area contributed by atoms with E-state index in [2.05, 4.69) is 37.9 Å². The molecule has 0 amide bonds. The van der Waals surface area contributed by atoms with E-state index in [0.717, 1.165) is 26.9 Å². The zero-order valence-corrected chi connectivity index (χ0v) is 11.5. The Labute approximate surface area is 111 Å². The molecule has 0 spiro atoms. The molecule has 0 N–H and O–H groups in total. The Morgan fingerprint density at radius 1 is 0.938 bits per heavy atom. The molecule has 1 aliphatic heterocycles. The molecule has 0 aromatic heterocycles. The third-order valence-electron chi connectivity index (χ3n) is 2.71. The van der Waals surface area contributed by atoms with Crippen molar-refractivity contribution in [2.24, 2.45) is 0 Å². The zero-order chi connectivity index (χ0) is 11.1. The van der Waals surface area contributed by atoms with Crippen LogP contribution in [0.25, 0.3) is 0 Å². The summed E-state index contributed by atoms with van der Waals surface area (Å²) in [5.41, 5.74) is 2.43. The molecule has 1 aliphatic rings. The third kappa shape index (κ3) is 1.59. The number of benzene rings is 2. The van der Waals surface area contributed by atoms with Gasteiger partial charge in [0.05, 0.1) is 0 Å². The summed E-state index contributed by atoms with van der Waals surface area (Å²) >= 11 is 7.10. The molecular weight excluding hydrogens is 332 g/mol. The van der Waals surface area contributed by atoms with E-state index in [0.29, 0.717) is 0 Å². The number of para-hydroxylation sites is 1. The molecule has 1 heterocycles. The maximum absolute atomic E-state index is 5.86. The van der Waals surface area contributed by atoms with Crippen molar-refractivity contribution in [3.05, 3.63) is 56.5 Å². The molecule has 3 rings (SSSR count). The molecule has 80 valence electrons. The van der Waals surface area contributed by atoms with Gasteiger partial charge < -0.3 is 4.74 Å². The summed E-state index contributed by atoms with van der Waals surface area (Å²) in [5, 5.41) is 0. The first-order valence-corrected chi connectivity index (χ1v) is 6.57. The Hall–Kier alpha value is -0.800. The van der Waals surface area contributed by atoms with Crippen LogP contribution >= 0.6 is 31.9 Å². The van der Waals surface area contributed by atoms with Crippen molar-refractivity contribution in [1.29, 1.82) is 0 Å². The number of rotatable bonds is 0. The first-order chi connectivity index (χ1) is 7.75. The van der Waals surface area contributed by atoms with Gasteiger partial charge in [-0.2, -0.15) is 0 Å². The van der Waals surface area contributed by atoms with Crippen LogP contribution in [0.4, 0.5) is 0 Å². The lowest BCUT2D eigenvalue weighted by Gasteiger charge is -2.21. The smallest absolute Gasteiger partial charge is 0.132 e. The molecule has 0 unspecified atom stereocenters. The predicted molar refractivity (Wildman–Crippen MR) is 71.2 cm³/mol. The number of hydrogen-bond acceptors (Lipinski definition) is 1. The molecule has 2 aromatic carbocycles. The lowest BCUT2D eigenvalue weighted by atomic mass is 10.0. The van der Waals surface area contributed by atoms with E-state index in [1.807, 2.05) is 30.3 Å². The molecule has 2 aromatic rings. The van der Waals surface area contributed by atoms with Gasteiger partial charge in [-0.3, -0.25) is 0 Å². The Morgan fingerprint density at radius 3 is 2.62 bits per heavy atom. The SMILES string of the molecule is Brc1ccc2c(c1Br)Cc1ccccc1O2.